The van der Waals surface area contributed by atoms with Gasteiger partial charge in [0, 0.05) is 19.2 Å². The number of hydrogen-bond donors (Lipinski definition) is 1. The van der Waals surface area contributed by atoms with Crippen LogP contribution in [0.3, 0.4) is 0 Å². The molecule has 2 fully saturated rings. The molecule has 2 rings (SSSR count). The molecule has 0 amide bonds. The van der Waals surface area contributed by atoms with E-state index in [2.05, 4.69) is 17.3 Å². The number of ether oxygens (including phenoxy) is 1. The largest absolute Gasteiger partial charge is 0.383 e. The molecule has 0 spiro atoms. The van der Waals surface area contributed by atoms with Crippen molar-refractivity contribution in [2.75, 3.05) is 40.4 Å². The average Bonchev–Trinajstić information content (AvgIpc) is 2.65. The van der Waals surface area contributed by atoms with Gasteiger partial charge in [-0.1, -0.05) is 6.42 Å². The first-order chi connectivity index (χ1) is 7.74. The van der Waals surface area contributed by atoms with Gasteiger partial charge in [0.2, 0.25) is 0 Å². The third-order valence-electron chi connectivity index (χ3n) is 4.17. The Bertz CT molecular complexity index is 208. The van der Waals surface area contributed by atoms with Crippen molar-refractivity contribution in [2.24, 2.45) is 5.92 Å². The molecule has 0 bridgehead atoms. The number of nitrogens with zero attached hydrogens (tertiary/aromatic N) is 1. The van der Waals surface area contributed by atoms with E-state index < -0.39 is 0 Å². The molecule has 3 nitrogen and oxygen atoms in total. The van der Waals surface area contributed by atoms with E-state index in [4.69, 9.17) is 4.74 Å². The van der Waals surface area contributed by atoms with Gasteiger partial charge in [-0.2, -0.15) is 0 Å². The zero-order valence-corrected chi connectivity index (χ0v) is 10.8. The van der Waals surface area contributed by atoms with E-state index in [-0.39, 0.29) is 5.54 Å². The normalized spacial score (nSPS) is 36.8. The Hall–Kier alpha value is -0.120. The first-order valence-electron chi connectivity index (χ1n) is 6.67. The van der Waals surface area contributed by atoms with Gasteiger partial charge in [-0.3, -0.25) is 0 Å². The fraction of sp³-hybridized carbons (Fsp3) is 1.00. The van der Waals surface area contributed by atoms with Gasteiger partial charge < -0.3 is 15.0 Å². The van der Waals surface area contributed by atoms with E-state index in [0.717, 1.165) is 12.5 Å². The average molecular weight is 226 g/mol. The smallest absolute Gasteiger partial charge is 0.0644 e. The maximum absolute atomic E-state index is 5.45. The fourth-order valence-corrected chi connectivity index (χ4v) is 3.41. The van der Waals surface area contributed by atoms with E-state index >= 15 is 0 Å². The van der Waals surface area contributed by atoms with E-state index in [9.17, 15) is 0 Å². The van der Waals surface area contributed by atoms with Gasteiger partial charge in [0.1, 0.15) is 0 Å². The lowest BCUT2D eigenvalue weighted by Crippen LogP contribution is -2.53. The first kappa shape index (κ1) is 12.3. The second kappa shape index (κ2) is 5.48. The Morgan fingerprint density at radius 1 is 1.44 bits per heavy atom. The highest BCUT2D eigenvalue weighted by Crippen LogP contribution is 2.30. The van der Waals surface area contributed by atoms with Gasteiger partial charge in [0.05, 0.1) is 6.61 Å². The van der Waals surface area contributed by atoms with Crippen molar-refractivity contribution in [2.45, 2.75) is 37.6 Å². The van der Waals surface area contributed by atoms with Crippen molar-refractivity contribution < 1.29 is 4.74 Å². The van der Waals surface area contributed by atoms with Crippen molar-refractivity contribution in [3.63, 3.8) is 0 Å². The molecule has 2 saturated heterocycles. The number of methoxy groups -OCH3 is 1. The number of piperidine rings is 1. The van der Waals surface area contributed by atoms with Crippen LogP contribution in [0, 0.1) is 5.92 Å². The minimum absolute atomic E-state index is 0.281. The van der Waals surface area contributed by atoms with E-state index in [1.807, 2.05) is 7.11 Å². The standard InChI is InChI=1S/C13H26N2O/c1-15-8-5-12(10-15)9-13(11-16-2)6-3-4-7-14-13/h12,14H,3-11H2,1-2H3. The molecule has 0 saturated carbocycles. The zero-order chi connectivity index (χ0) is 11.4. The Morgan fingerprint density at radius 2 is 2.31 bits per heavy atom. The van der Waals surface area contributed by atoms with Crippen LogP contribution in [-0.4, -0.2) is 50.8 Å². The summed E-state index contributed by atoms with van der Waals surface area (Å²) in [5, 5.41) is 3.73. The van der Waals surface area contributed by atoms with Crippen LogP contribution in [-0.2, 0) is 4.74 Å². The number of nitrogens with one attached hydrogen (secondary N) is 1. The van der Waals surface area contributed by atoms with Crippen molar-refractivity contribution >= 4 is 0 Å². The molecule has 2 aliphatic heterocycles. The molecular formula is C13H26N2O. The molecule has 3 heteroatoms. The summed E-state index contributed by atoms with van der Waals surface area (Å²) in [5.41, 5.74) is 0.281. The Balaban J connectivity index is 1.91. The second-order valence-corrected chi connectivity index (χ2v) is 5.72. The molecule has 0 aromatic heterocycles. The number of likely N-dealkylation sites (tertiary alicyclic amines) is 1. The number of hydrogen-bond acceptors (Lipinski definition) is 3. The second-order valence-electron chi connectivity index (χ2n) is 5.72. The van der Waals surface area contributed by atoms with Crippen LogP contribution < -0.4 is 5.32 Å². The zero-order valence-electron chi connectivity index (χ0n) is 10.8. The molecule has 0 aliphatic carbocycles. The SMILES string of the molecule is COCC1(CC2CCN(C)C2)CCCCN1. The molecular weight excluding hydrogens is 200 g/mol. The summed E-state index contributed by atoms with van der Waals surface area (Å²) in [6, 6.07) is 0. The minimum atomic E-state index is 0.281. The van der Waals surface area contributed by atoms with Crippen LogP contribution in [0.2, 0.25) is 0 Å². The topological polar surface area (TPSA) is 24.5 Å². The summed E-state index contributed by atoms with van der Waals surface area (Å²) in [6.07, 6.45) is 6.64. The third kappa shape index (κ3) is 2.96. The third-order valence-corrected chi connectivity index (χ3v) is 4.17. The lowest BCUT2D eigenvalue weighted by molar-refractivity contribution is 0.0724. The summed E-state index contributed by atoms with van der Waals surface area (Å²) in [4.78, 5) is 2.45. The molecule has 16 heavy (non-hydrogen) atoms. The van der Waals surface area contributed by atoms with Crippen LogP contribution in [0.1, 0.15) is 32.1 Å². The van der Waals surface area contributed by atoms with E-state index in [1.54, 1.807) is 0 Å². The highest BCUT2D eigenvalue weighted by Gasteiger charge is 2.35. The summed E-state index contributed by atoms with van der Waals surface area (Å²) < 4.78 is 5.45. The summed E-state index contributed by atoms with van der Waals surface area (Å²) >= 11 is 0. The molecule has 2 heterocycles. The predicted molar refractivity (Wildman–Crippen MR) is 66.7 cm³/mol. The summed E-state index contributed by atoms with van der Waals surface area (Å²) in [7, 11) is 4.07. The predicted octanol–water partition coefficient (Wildman–Crippen LogP) is 1.49. The lowest BCUT2D eigenvalue weighted by Gasteiger charge is -2.39. The first-order valence-corrected chi connectivity index (χ1v) is 6.67. The van der Waals surface area contributed by atoms with Gasteiger partial charge in [-0.15, -0.1) is 0 Å². The lowest BCUT2D eigenvalue weighted by atomic mass is 9.81. The molecule has 1 N–H and O–H groups in total. The van der Waals surface area contributed by atoms with Crippen molar-refractivity contribution in [1.29, 1.82) is 0 Å². The van der Waals surface area contributed by atoms with Crippen LogP contribution >= 0.6 is 0 Å². The van der Waals surface area contributed by atoms with Gasteiger partial charge in [-0.25, -0.2) is 0 Å². The molecule has 2 atom stereocenters. The Morgan fingerprint density at radius 3 is 2.88 bits per heavy atom. The molecule has 2 unspecified atom stereocenters. The van der Waals surface area contributed by atoms with Crippen molar-refractivity contribution in [1.82, 2.24) is 10.2 Å². The maximum Gasteiger partial charge on any atom is 0.0644 e. The number of rotatable bonds is 4. The highest BCUT2D eigenvalue weighted by atomic mass is 16.5. The summed E-state index contributed by atoms with van der Waals surface area (Å²) in [6.45, 7) is 4.60. The highest BCUT2D eigenvalue weighted by molar-refractivity contribution is 4.94. The van der Waals surface area contributed by atoms with Crippen LogP contribution in [0.15, 0.2) is 0 Å². The van der Waals surface area contributed by atoms with E-state index in [0.29, 0.717) is 0 Å². The fourth-order valence-electron chi connectivity index (χ4n) is 3.41. The van der Waals surface area contributed by atoms with Crippen LogP contribution in [0.5, 0.6) is 0 Å². The Labute approximate surface area is 99.5 Å². The van der Waals surface area contributed by atoms with Crippen molar-refractivity contribution in [3.05, 3.63) is 0 Å². The molecule has 2 aliphatic rings. The molecule has 94 valence electrons. The van der Waals surface area contributed by atoms with Crippen LogP contribution in [0.25, 0.3) is 0 Å². The van der Waals surface area contributed by atoms with Gasteiger partial charge in [0.25, 0.3) is 0 Å². The quantitative estimate of drug-likeness (QED) is 0.786. The maximum atomic E-state index is 5.45. The summed E-state index contributed by atoms with van der Waals surface area (Å²) in [5.74, 6) is 0.866. The molecule has 0 radical (unpaired) electrons. The van der Waals surface area contributed by atoms with Crippen molar-refractivity contribution in [3.8, 4) is 0 Å². The molecule has 0 aromatic rings. The monoisotopic (exact) mass is 226 g/mol. The van der Waals surface area contributed by atoms with Gasteiger partial charge in [0.15, 0.2) is 0 Å². The molecule has 0 aromatic carbocycles. The van der Waals surface area contributed by atoms with E-state index in [1.165, 1.54) is 51.7 Å². The van der Waals surface area contributed by atoms with Gasteiger partial charge >= 0.3 is 0 Å². The van der Waals surface area contributed by atoms with Crippen LogP contribution in [0.4, 0.5) is 0 Å². The Kier molecular flexibility index (Phi) is 4.22. The minimum Gasteiger partial charge on any atom is -0.383 e. The van der Waals surface area contributed by atoms with Gasteiger partial charge in [-0.05, 0) is 51.7 Å².